The van der Waals surface area contributed by atoms with Crippen molar-refractivity contribution in [2.24, 2.45) is 0 Å². The maximum Gasteiger partial charge on any atom is 0.219 e. The Morgan fingerprint density at radius 2 is 1.50 bits per heavy atom. The Kier molecular flexibility index (Phi) is 13.5. The number of ketones is 2. The van der Waals surface area contributed by atoms with Crippen molar-refractivity contribution in [3.05, 3.63) is 60.4 Å². The molecule has 1 atom stereocenters. The normalized spacial score (nSPS) is 13.4. The van der Waals surface area contributed by atoms with Crippen molar-refractivity contribution in [2.75, 3.05) is 18.8 Å². The first-order valence-corrected chi connectivity index (χ1v) is 11.8. The van der Waals surface area contributed by atoms with E-state index in [1.807, 2.05) is 23.1 Å². The van der Waals surface area contributed by atoms with Gasteiger partial charge < -0.3 is 9.08 Å². The Hall–Kier alpha value is -2.87. The van der Waals surface area contributed by atoms with Crippen molar-refractivity contribution < 1.29 is 22.8 Å². The molecule has 1 aliphatic heterocycles. The number of likely N-dealkylation sites (tertiary alicyclic amines) is 1. The minimum Gasteiger partial charge on any atom is -0.400 e. The highest BCUT2D eigenvalue weighted by Crippen LogP contribution is 2.10. The number of piperidine rings is 1. The van der Waals surface area contributed by atoms with E-state index in [0.29, 0.717) is 12.2 Å². The molecule has 1 fully saturated rings. The average molecular weight is 461 g/mol. The lowest BCUT2D eigenvalue weighted by Gasteiger charge is -2.24. The van der Waals surface area contributed by atoms with Gasteiger partial charge in [0.2, 0.25) is 17.0 Å². The van der Waals surface area contributed by atoms with Crippen molar-refractivity contribution >= 4 is 28.6 Å². The number of nitrogens with zero attached hydrogens (tertiary/aromatic N) is 2. The summed E-state index contributed by atoms with van der Waals surface area (Å²) in [5.41, 5.74) is 1.03. The van der Waals surface area contributed by atoms with Crippen LogP contribution in [0.25, 0.3) is 0 Å². The van der Waals surface area contributed by atoms with Crippen LogP contribution in [-0.2, 0) is 31.9 Å². The van der Waals surface area contributed by atoms with Gasteiger partial charge in [0.05, 0.1) is 0 Å². The van der Waals surface area contributed by atoms with Gasteiger partial charge in [-0.05, 0) is 62.9 Å². The molecular weight excluding hydrogens is 428 g/mol. The summed E-state index contributed by atoms with van der Waals surface area (Å²) < 4.78 is 16.1. The van der Waals surface area contributed by atoms with Crippen LogP contribution in [0.5, 0.6) is 5.75 Å². The highest BCUT2D eigenvalue weighted by Gasteiger charge is 2.11. The van der Waals surface area contributed by atoms with Gasteiger partial charge in [0.15, 0.2) is 0 Å². The fourth-order valence-corrected chi connectivity index (χ4v) is 3.49. The molecule has 0 radical (unpaired) electrons. The standard InChI is InChI=1S/C9H10O3S.C8H9NO.C7H13NO/c1-8(10)7-13(11)12-9-5-3-2-4-6-9;1-7(10)6-8-2-4-9-5-3-8;1-7(9)8-5-3-2-4-6-8/h2-6H,7H2,1H3;2-5H,6H2,1H3;2-6H2,1H3. The van der Waals surface area contributed by atoms with Gasteiger partial charge in [-0.2, -0.15) is 0 Å². The first kappa shape index (κ1) is 27.2. The van der Waals surface area contributed by atoms with Gasteiger partial charge in [0.25, 0.3) is 0 Å². The van der Waals surface area contributed by atoms with E-state index in [4.69, 9.17) is 4.18 Å². The van der Waals surface area contributed by atoms with Crippen molar-refractivity contribution in [1.82, 2.24) is 9.88 Å². The largest absolute Gasteiger partial charge is 0.400 e. The second kappa shape index (κ2) is 15.9. The number of aromatic nitrogens is 1. The Balaban J connectivity index is 0.000000245. The van der Waals surface area contributed by atoms with Crippen LogP contribution in [0, 0.1) is 0 Å². The third kappa shape index (κ3) is 13.4. The number of carbonyl (C=O) groups is 3. The number of para-hydroxylation sites is 1. The quantitative estimate of drug-likeness (QED) is 0.654. The highest BCUT2D eigenvalue weighted by molar-refractivity contribution is 7.81. The Labute approximate surface area is 192 Å². The third-order valence-corrected chi connectivity index (χ3v) is 5.28. The molecule has 1 unspecified atom stereocenters. The molecule has 8 heteroatoms. The predicted molar refractivity (Wildman–Crippen MR) is 125 cm³/mol. The molecule has 1 aliphatic rings. The molecule has 0 N–H and O–H groups in total. The lowest BCUT2D eigenvalue weighted by atomic mass is 10.1. The van der Waals surface area contributed by atoms with Crippen LogP contribution in [0.1, 0.15) is 45.6 Å². The summed E-state index contributed by atoms with van der Waals surface area (Å²) in [7, 11) is 0. The SMILES string of the molecule is CC(=O)CS(=O)Oc1ccccc1.CC(=O)Cc1ccncc1.CC(=O)N1CCCCC1. The molecule has 0 spiro atoms. The van der Waals surface area contributed by atoms with Crippen LogP contribution in [0.2, 0.25) is 0 Å². The summed E-state index contributed by atoms with van der Waals surface area (Å²) in [4.78, 5) is 37.7. The fraction of sp³-hybridized carbons (Fsp3) is 0.417. The van der Waals surface area contributed by atoms with Gasteiger partial charge in [-0.15, -0.1) is 0 Å². The molecule has 0 saturated carbocycles. The van der Waals surface area contributed by atoms with E-state index >= 15 is 0 Å². The van der Waals surface area contributed by atoms with Crippen LogP contribution < -0.4 is 4.18 Å². The zero-order valence-corrected chi connectivity index (χ0v) is 19.8. The topological polar surface area (TPSA) is 93.6 Å². The molecular formula is C24H32N2O5S. The summed E-state index contributed by atoms with van der Waals surface area (Å²) in [6.07, 6.45) is 7.59. The minimum absolute atomic E-state index is 0.0606. The molecule has 7 nitrogen and oxygen atoms in total. The van der Waals surface area contributed by atoms with Gasteiger partial charge in [0, 0.05) is 38.8 Å². The third-order valence-electron chi connectivity index (χ3n) is 4.26. The van der Waals surface area contributed by atoms with Crippen molar-refractivity contribution in [1.29, 1.82) is 0 Å². The summed E-state index contributed by atoms with van der Waals surface area (Å²) in [5.74, 6) is 0.728. The monoisotopic (exact) mass is 460 g/mol. The molecule has 3 rings (SSSR count). The molecule has 32 heavy (non-hydrogen) atoms. The molecule has 0 bridgehead atoms. The van der Waals surface area contributed by atoms with Crippen LogP contribution in [-0.4, -0.2) is 50.4 Å². The second-order valence-electron chi connectivity index (χ2n) is 7.35. The second-order valence-corrected chi connectivity index (χ2v) is 8.41. The van der Waals surface area contributed by atoms with Crippen molar-refractivity contribution in [2.45, 2.75) is 46.5 Å². The van der Waals surface area contributed by atoms with Crippen LogP contribution in [0.4, 0.5) is 0 Å². The van der Waals surface area contributed by atoms with Crippen molar-refractivity contribution in [3.63, 3.8) is 0 Å². The Morgan fingerprint density at radius 1 is 0.906 bits per heavy atom. The highest BCUT2D eigenvalue weighted by atomic mass is 32.2. The molecule has 1 amide bonds. The molecule has 174 valence electrons. The van der Waals surface area contributed by atoms with Crippen molar-refractivity contribution in [3.8, 4) is 5.75 Å². The number of pyridine rings is 1. The number of carbonyl (C=O) groups excluding carboxylic acids is 3. The number of hydrogen-bond donors (Lipinski definition) is 0. The Morgan fingerprint density at radius 3 is 1.97 bits per heavy atom. The summed E-state index contributed by atoms with van der Waals surface area (Å²) >= 11 is -1.55. The average Bonchev–Trinajstić information content (AvgIpc) is 2.76. The van der Waals surface area contributed by atoms with Gasteiger partial charge in [0.1, 0.15) is 23.1 Å². The number of amides is 1. The van der Waals surface area contributed by atoms with Crippen LogP contribution in [0.3, 0.4) is 0 Å². The molecule has 2 aromatic rings. The molecule has 1 aromatic carbocycles. The number of benzene rings is 1. The Bertz CT molecular complexity index is 853. The first-order chi connectivity index (χ1) is 15.3. The van der Waals surface area contributed by atoms with E-state index in [-0.39, 0.29) is 23.2 Å². The zero-order valence-electron chi connectivity index (χ0n) is 19.0. The van der Waals surface area contributed by atoms with Crippen LogP contribution in [0.15, 0.2) is 54.9 Å². The summed E-state index contributed by atoms with van der Waals surface area (Å²) in [6.45, 7) is 6.57. The lowest BCUT2D eigenvalue weighted by molar-refractivity contribution is -0.129. The first-order valence-electron chi connectivity index (χ1n) is 10.5. The van der Waals surface area contributed by atoms with Gasteiger partial charge in [-0.3, -0.25) is 19.4 Å². The lowest BCUT2D eigenvalue weighted by Crippen LogP contribution is -2.33. The molecule has 2 heterocycles. The molecule has 0 aliphatic carbocycles. The van der Waals surface area contributed by atoms with E-state index in [2.05, 4.69) is 4.98 Å². The van der Waals surface area contributed by atoms with Gasteiger partial charge >= 0.3 is 0 Å². The van der Waals surface area contributed by atoms with E-state index < -0.39 is 11.1 Å². The zero-order chi connectivity index (χ0) is 23.8. The summed E-state index contributed by atoms with van der Waals surface area (Å²) in [5, 5.41) is 0. The van der Waals surface area contributed by atoms with Crippen LogP contribution >= 0.6 is 0 Å². The van der Waals surface area contributed by atoms with E-state index in [0.717, 1.165) is 18.7 Å². The van der Waals surface area contributed by atoms with Gasteiger partial charge in [-0.1, -0.05) is 18.2 Å². The van der Waals surface area contributed by atoms with E-state index in [9.17, 15) is 18.6 Å². The van der Waals surface area contributed by atoms with Gasteiger partial charge in [-0.25, -0.2) is 4.21 Å². The maximum absolute atomic E-state index is 11.1. The smallest absolute Gasteiger partial charge is 0.219 e. The summed E-state index contributed by atoms with van der Waals surface area (Å²) in [6, 6.07) is 12.5. The van der Waals surface area contributed by atoms with E-state index in [1.54, 1.807) is 50.5 Å². The number of hydrogen-bond acceptors (Lipinski definition) is 6. The maximum atomic E-state index is 11.1. The molecule has 1 saturated heterocycles. The fourth-order valence-electron chi connectivity index (χ4n) is 2.78. The number of Topliss-reactive ketones (excluding diaryl/α,β-unsaturated/α-hetero) is 2. The van der Waals surface area contributed by atoms with E-state index in [1.165, 1.54) is 26.2 Å². The minimum atomic E-state index is -1.55. The number of rotatable bonds is 6. The predicted octanol–water partition coefficient (Wildman–Crippen LogP) is 3.55. The molecule has 1 aromatic heterocycles.